The molecule has 2 aromatic carbocycles. The van der Waals surface area contributed by atoms with E-state index in [0.717, 1.165) is 43.6 Å². The van der Waals surface area contributed by atoms with Crippen LogP contribution in [0.3, 0.4) is 0 Å². The molecule has 176 valence electrons. The number of sulfonamides is 1. The van der Waals surface area contributed by atoms with Gasteiger partial charge in [-0.1, -0.05) is 13.3 Å². The number of rotatable bonds is 9. The van der Waals surface area contributed by atoms with Gasteiger partial charge in [-0.05, 0) is 61.7 Å². The highest BCUT2D eigenvalue weighted by atomic mass is 32.2. The zero-order valence-corrected chi connectivity index (χ0v) is 19.6. The lowest BCUT2D eigenvalue weighted by molar-refractivity contribution is -0.116. The fraction of sp³-hybridized carbons (Fsp3) is 0.417. The third kappa shape index (κ3) is 5.25. The Labute approximate surface area is 193 Å². The number of unbranched alkanes of at least 4 members (excludes halogenated alkanes) is 1. The number of aromatic nitrogens is 2. The number of aryl methyl sites for hydroxylation is 2. The molecule has 1 N–H and O–H groups in total. The Morgan fingerprint density at radius 1 is 1.12 bits per heavy atom. The second-order valence-corrected chi connectivity index (χ2v) is 10.3. The van der Waals surface area contributed by atoms with Crippen molar-refractivity contribution in [3.8, 4) is 0 Å². The fourth-order valence-corrected chi connectivity index (χ4v) is 5.67. The molecule has 1 amide bonds. The highest BCUT2D eigenvalue weighted by molar-refractivity contribution is 7.89. The van der Waals surface area contributed by atoms with Crippen LogP contribution in [0.5, 0.6) is 0 Å². The predicted octanol–water partition coefficient (Wildman–Crippen LogP) is 4.33. The molecule has 1 aliphatic rings. The van der Waals surface area contributed by atoms with Crippen molar-refractivity contribution < 1.29 is 17.6 Å². The number of halogens is 1. The lowest BCUT2D eigenvalue weighted by atomic mass is 10.2. The van der Waals surface area contributed by atoms with Crippen molar-refractivity contribution in [2.45, 2.75) is 56.9 Å². The zero-order chi connectivity index (χ0) is 23.4. The molecule has 2 heterocycles. The average Bonchev–Trinajstić information content (AvgIpc) is 3.46. The third-order valence-electron chi connectivity index (χ3n) is 5.94. The van der Waals surface area contributed by atoms with Gasteiger partial charge in [0.25, 0.3) is 0 Å². The molecule has 7 nitrogen and oxygen atoms in total. The summed E-state index contributed by atoms with van der Waals surface area (Å²) in [6.45, 7) is 3.97. The monoisotopic (exact) mass is 472 g/mol. The Hall–Kier alpha value is -2.78. The Kier molecular flexibility index (Phi) is 7.09. The van der Waals surface area contributed by atoms with Crippen LogP contribution in [0, 0.1) is 5.82 Å². The quantitative estimate of drug-likeness (QED) is 0.502. The van der Waals surface area contributed by atoms with Crippen LogP contribution >= 0.6 is 0 Å². The van der Waals surface area contributed by atoms with Gasteiger partial charge < -0.3 is 9.88 Å². The van der Waals surface area contributed by atoms with Gasteiger partial charge in [0.1, 0.15) is 11.6 Å². The molecule has 0 atom stereocenters. The standard InChI is InChI=1S/C24H29FN4O3S/c1-2-3-16-29-22-11-10-20(33(31,32)28-14-4-5-15-28)17-21(22)27-23(29)12-13-24(30)26-19-8-6-18(25)7-9-19/h6-11,17H,2-5,12-16H2,1H3,(H,26,30). The number of hydrogen-bond acceptors (Lipinski definition) is 4. The minimum Gasteiger partial charge on any atom is -0.328 e. The van der Waals surface area contributed by atoms with Gasteiger partial charge in [-0.15, -0.1) is 0 Å². The average molecular weight is 473 g/mol. The molecule has 4 rings (SSSR count). The predicted molar refractivity (Wildman–Crippen MR) is 126 cm³/mol. The summed E-state index contributed by atoms with van der Waals surface area (Å²) in [6, 6.07) is 10.8. The van der Waals surface area contributed by atoms with E-state index in [9.17, 15) is 17.6 Å². The molecular formula is C24H29FN4O3S. The van der Waals surface area contributed by atoms with E-state index in [1.807, 2.05) is 6.07 Å². The van der Waals surface area contributed by atoms with E-state index < -0.39 is 10.0 Å². The summed E-state index contributed by atoms with van der Waals surface area (Å²) in [5, 5.41) is 2.77. The number of fused-ring (bicyclic) bond motifs is 1. The lowest BCUT2D eigenvalue weighted by Gasteiger charge is -2.15. The summed E-state index contributed by atoms with van der Waals surface area (Å²) in [7, 11) is -3.52. The Balaban J connectivity index is 1.55. The van der Waals surface area contributed by atoms with Gasteiger partial charge in [0.2, 0.25) is 15.9 Å². The molecule has 0 saturated carbocycles. The molecule has 0 radical (unpaired) electrons. The van der Waals surface area contributed by atoms with Crippen LogP contribution < -0.4 is 5.32 Å². The minimum absolute atomic E-state index is 0.187. The smallest absolute Gasteiger partial charge is 0.243 e. The van der Waals surface area contributed by atoms with Gasteiger partial charge in [0.05, 0.1) is 15.9 Å². The highest BCUT2D eigenvalue weighted by Gasteiger charge is 2.28. The van der Waals surface area contributed by atoms with E-state index in [1.165, 1.54) is 28.6 Å². The first kappa shape index (κ1) is 23.4. The van der Waals surface area contributed by atoms with Crippen molar-refractivity contribution in [1.82, 2.24) is 13.9 Å². The summed E-state index contributed by atoms with van der Waals surface area (Å²) in [5.74, 6) is 0.209. The minimum atomic E-state index is -3.52. The van der Waals surface area contributed by atoms with Gasteiger partial charge in [0.15, 0.2) is 0 Å². The highest BCUT2D eigenvalue weighted by Crippen LogP contribution is 2.26. The normalized spacial score (nSPS) is 14.7. The van der Waals surface area contributed by atoms with E-state index >= 15 is 0 Å². The number of carbonyl (C=O) groups is 1. The van der Waals surface area contributed by atoms with Crippen molar-refractivity contribution >= 4 is 32.7 Å². The van der Waals surface area contributed by atoms with E-state index in [2.05, 4.69) is 16.8 Å². The van der Waals surface area contributed by atoms with Crippen LogP contribution in [0.25, 0.3) is 11.0 Å². The molecule has 0 unspecified atom stereocenters. The largest absolute Gasteiger partial charge is 0.328 e. The Bertz CT molecular complexity index is 1230. The SMILES string of the molecule is CCCCn1c(CCC(=O)Nc2ccc(F)cc2)nc2cc(S(=O)(=O)N3CCCC3)ccc21. The molecule has 3 aromatic rings. The molecule has 0 aliphatic carbocycles. The van der Waals surface area contributed by atoms with Crippen molar-refractivity contribution in [2.24, 2.45) is 0 Å². The molecule has 33 heavy (non-hydrogen) atoms. The molecule has 1 saturated heterocycles. The van der Waals surface area contributed by atoms with Crippen molar-refractivity contribution in [1.29, 1.82) is 0 Å². The van der Waals surface area contributed by atoms with Crippen molar-refractivity contribution in [3.63, 3.8) is 0 Å². The number of carbonyl (C=O) groups excluding carboxylic acids is 1. The molecule has 1 aliphatic heterocycles. The fourth-order valence-electron chi connectivity index (χ4n) is 4.14. The number of nitrogens with zero attached hydrogens (tertiary/aromatic N) is 3. The zero-order valence-electron chi connectivity index (χ0n) is 18.8. The number of imidazole rings is 1. The van der Waals surface area contributed by atoms with Crippen molar-refractivity contribution in [3.05, 3.63) is 54.1 Å². The molecule has 0 spiro atoms. The van der Waals surface area contributed by atoms with Crippen LogP contribution in [0.15, 0.2) is 47.4 Å². The maximum atomic E-state index is 13.1. The van der Waals surface area contributed by atoms with Crippen LogP contribution in [-0.4, -0.2) is 41.3 Å². The van der Waals surface area contributed by atoms with Gasteiger partial charge in [-0.2, -0.15) is 4.31 Å². The van der Waals surface area contributed by atoms with Gasteiger partial charge in [-0.25, -0.2) is 17.8 Å². The van der Waals surface area contributed by atoms with Gasteiger partial charge in [0, 0.05) is 38.2 Å². The van der Waals surface area contributed by atoms with Gasteiger partial charge >= 0.3 is 0 Å². The number of nitrogens with one attached hydrogen (secondary N) is 1. The van der Waals surface area contributed by atoms with E-state index in [0.29, 0.717) is 30.7 Å². The number of benzene rings is 2. The second kappa shape index (κ2) is 10.0. The van der Waals surface area contributed by atoms with Crippen LogP contribution in [0.4, 0.5) is 10.1 Å². The molecule has 1 aromatic heterocycles. The first-order valence-corrected chi connectivity index (χ1v) is 12.9. The van der Waals surface area contributed by atoms with Crippen molar-refractivity contribution in [2.75, 3.05) is 18.4 Å². The van der Waals surface area contributed by atoms with E-state index in [1.54, 1.807) is 12.1 Å². The Morgan fingerprint density at radius 3 is 2.55 bits per heavy atom. The Morgan fingerprint density at radius 2 is 1.85 bits per heavy atom. The van der Waals surface area contributed by atoms with E-state index in [-0.39, 0.29) is 23.0 Å². The molecule has 0 bridgehead atoms. The summed E-state index contributed by atoms with van der Waals surface area (Å²) in [4.78, 5) is 17.4. The number of anilines is 1. The molecular weight excluding hydrogens is 443 g/mol. The summed E-state index contributed by atoms with van der Waals surface area (Å²) < 4.78 is 42.6. The van der Waals surface area contributed by atoms with Crippen LogP contribution in [0.2, 0.25) is 0 Å². The van der Waals surface area contributed by atoms with Crippen LogP contribution in [-0.2, 0) is 27.8 Å². The number of hydrogen-bond donors (Lipinski definition) is 1. The lowest BCUT2D eigenvalue weighted by Crippen LogP contribution is -2.27. The molecule has 9 heteroatoms. The summed E-state index contributed by atoms with van der Waals surface area (Å²) in [6.07, 6.45) is 4.36. The van der Waals surface area contributed by atoms with Crippen LogP contribution in [0.1, 0.15) is 44.9 Å². The maximum absolute atomic E-state index is 13.1. The topological polar surface area (TPSA) is 84.3 Å². The second-order valence-electron chi connectivity index (χ2n) is 8.35. The first-order chi connectivity index (χ1) is 15.9. The maximum Gasteiger partial charge on any atom is 0.243 e. The van der Waals surface area contributed by atoms with Gasteiger partial charge in [-0.3, -0.25) is 4.79 Å². The summed E-state index contributed by atoms with van der Waals surface area (Å²) in [5.41, 5.74) is 2.04. The third-order valence-corrected chi connectivity index (χ3v) is 7.84. The number of amides is 1. The molecule has 1 fully saturated rings. The van der Waals surface area contributed by atoms with E-state index in [4.69, 9.17) is 4.98 Å². The summed E-state index contributed by atoms with van der Waals surface area (Å²) >= 11 is 0. The first-order valence-electron chi connectivity index (χ1n) is 11.4.